The third kappa shape index (κ3) is 3.72. The minimum atomic E-state index is -0.160. The molecule has 1 aliphatic carbocycles. The highest BCUT2D eigenvalue weighted by atomic mass is 19.1. The van der Waals surface area contributed by atoms with Gasteiger partial charge in [-0.1, -0.05) is 19.3 Å². The zero-order valence-electron chi connectivity index (χ0n) is 12.8. The van der Waals surface area contributed by atoms with Crippen LogP contribution in [0.15, 0.2) is 12.1 Å². The molecule has 0 radical (unpaired) electrons. The Morgan fingerprint density at radius 2 is 2.00 bits per heavy atom. The monoisotopic (exact) mass is 279 g/mol. The summed E-state index contributed by atoms with van der Waals surface area (Å²) in [6, 6.07) is 3.53. The van der Waals surface area contributed by atoms with E-state index in [1.54, 1.807) is 13.0 Å². The van der Waals surface area contributed by atoms with Gasteiger partial charge in [-0.3, -0.25) is 0 Å². The van der Waals surface area contributed by atoms with E-state index in [4.69, 9.17) is 4.74 Å². The quantitative estimate of drug-likeness (QED) is 0.864. The molecule has 1 saturated carbocycles. The first-order valence-corrected chi connectivity index (χ1v) is 7.72. The third-order valence-electron chi connectivity index (χ3n) is 4.39. The molecule has 1 unspecified atom stereocenters. The maximum absolute atomic E-state index is 13.8. The van der Waals surface area contributed by atoms with Gasteiger partial charge in [-0.25, -0.2) is 4.39 Å². The van der Waals surface area contributed by atoms with Crippen molar-refractivity contribution in [2.24, 2.45) is 5.92 Å². The van der Waals surface area contributed by atoms with Crippen LogP contribution >= 0.6 is 0 Å². The lowest BCUT2D eigenvalue weighted by Crippen LogP contribution is -2.18. The summed E-state index contributed by atoms with van der Waals surface area (Å²) in [5.41, 5.74) is 1.56. The molecule has 1 aromatic carbocycles. The molecule has 1 atom stereocenters. The minimum absolute atomic E-state index is 0.0893. The molecule has 0 saturated heterocycles. The number of ether oxygens (including phenoxy) is 1. The topological polar surface area (TPSA) is 21.3 Å². The van der Waals surface area contributed by atoms with Gasteiger partial charge in [-0.05, 0) is 57.4 Å². The molecule has 0 aromatic heterocycles. The molecule has 112 valence electrons. The van der Waals surface area contributed by atoms with Crippen molar-refractivity contribution in [3.8, 4) is 5.75 Å². The zero-order valence-corrected chi connectivity index (χ0v) is 12.8. The van der Waals surface area contributed by atoms with Crippen LogP contribution in [0.1, 0.15) is 56.2 Å². The predicted octanol–water partition coefficient (Wildman–Crippen LogP) is 4.37. The summed E-state index contributed by atoms with van der Waals surface area (Å²) in [5.74, 6) is 1.33. The summed E-state index contributed by atoms with van der Waals surface area (Å²) in [5, 5.41) is 3.16. The van der Waals surface area contributed by atoms with Gasteiger partial charge in [0.2, 0.25) is 0 Å². The van der Waals surface area contributed by atoms with Crippen molar-refractivity contribution >= 4 is 0 Å². The van der Waals surface area contributed by atoms with E-state index in [9.17, 15) is 4.39 Å². The molecule has 1 aliphatic rings. The van der Waals surface area contributed by atoms with Crippen LogP contribution in [-0.4, -0.2) is 13.7 Å². The van der Waals surface area contributed by atoms with Crippen molar-refractivity contribution in [2.75, 3.05) is 13.7 Å². The lowest BCUT2D eigenvalue weighted by Gasteiger charge is -2.24. The van der Waals surface area contributed by atoms with Gasteiger partial charge in [-0.15, -0.1) is 0 Å². The number of rotatable bonds is 5. The fourth-order valence-corrected chi connectivity index (χ4v) is 2.85. The van der Waals surface area contributed by atoms with Crippen LogP contribution in [0.2, 0.25) is 0 Å². The molecule has 0 amide bonds. The average molecular weight is 279 g/mol. The van der Waals surface area contributed by atoms with Crippen LogP contribution in [-0.2, 0) is 0 Å². The first-order valence-electron chi connectivity index (χ1n) is 7.72. The lowest BCUT2D eigenvalue weighted by atomic mass is 9.90. The number of benzene rings is 1. The molecule has 3 heteroatoms. The van der Waals surface area contributed by atoms with Crippen molar-refractivity contribution in [1.29, 1.82) is 0 Å². The van der Waals surface area contributed by atoms with Gasteiger partial charge >= 0.3 is 0 Å². The first-order chi connectivity index (χ1) is 9.61. The largest absolute Gasteiger partial charge is 0.493 e. The molecule has 20 heavy (non-hydrogen) atoms. The predicted molar refractivity (Wildman–Crippen MR) is 80.7 cm³/mol. The van der Waals surface area contributed by atoms with Gasteiger partial charge in [0.25, 0.3) is 0 Å². The fraction of sp³-hybridized carbons (Fsp3) is 0.647. The molecular formula is C17H26FNO. The number of aryl methyl sites for hydroxylation is 1. The molecule has 0 heterocycles. The second kappa shape index (κ2) is 7.07. The molecule has 0 bridgehead atoms. The molecule has 1 N–H and O–H groups in total. The van der Waals surface area contributed by atoms with E-state index in [2.05, 4.69) is 5.32 Å². The Hall–Kier alpha value is -1.09. The molecule has 1 aromatic rings. The maximum Gasteiger partial charge on any atom is 0.126 e. The molecule has 2 nitrogen and oxygen atoms in total. The SMILES string of the molecule is CNC(C)c1cc(F)c(C)cc1OCC1CCCCC1. The Morgan fingerprint density at radius 1 is 1.30 bits per heavy atom. The highest BCUT2D eigenvalue weighted by Crippen LogP contribution is 2.30. The van der Waals surface area contributed by atoms with Gasteiger partial charge in [0, 0.05) is 11.6 Å². The minimum Gasteiger partial charge on any atom is -0.493 e. The first kappa shape index (κ1) is 15.3. The van der Waals surface area contributed by atoms with E-state index in [0.29, 0.717) is 11.5 Å². The number of halogens is 1. The summed E-state index contributed by atoms with van der Waals surface area (Å²) in [4.78, 5) is 0. The van der Waals surface area contributed by atoms with E-state index >= 15 is 0 Å². The average Bonchev–Trinajstić information content (AvgIpc) is 2.48. The smallest absolute Gasteiger partial charge is 0.126 e. The summed E-state index contributed by atoms with van der Waals surface area (Å²) < 4.78 is 19.8. The van der Waals surface area contributed by atoms with Crippen molar-refractivity contribution in [1.82, 2.24) is 5.32 Å². The standard InChI is InChI=1S/C17H26FNO/c1-12-9-17(15(10-16(12)18)13(2)19-3)20-11-14-7-5-4-6-8-14/h9-10,13-14,19H,4-8,11H2,1-3H3. The Bertz CT molecular complexity index is 441. The van der Waals surface area contributed by atoms with Gasteiger partial charge in [0.05, 0.1) is 6.61 Å². The molecule has 0 spiro atoms. The van der Waals surface area contributed by atoms with Gasteiger partial charge in [-0.2, -0.15) is 0 Å². The van der Waals surface area contributed by atoms with E-state index in [-0.39, 0.29) is 11.9 Å². The van der Waals surface area contributed by atoms with Crippen molar-refractivity contribution < 1.29 is 9.13 Å². The molecule has 2 rings (SSSR count). The highest BCUT2D eigenvalue weighted by molar-refractivity contribution is 5.40. The van der Waals surface area contributed by atoms with Crippen LogP contribution in [0.3, 0.4) is 0 Å². The van der Waals surface area contributed by atoms with Crippen LogP contribution in [0.5, 0.6) is 5.75 Å². The van der Waals surface area contributed by atoms with E-state index < -0.39 is 0 Å². The summed E-state index contributed by atoms with van der Waals surface area (Å²) >= 11 is 0. The van der Waals surface area contributed by atoms with Crippen molar-refractivity contribution in [2.45, 2.75) is 52.0 Å². The highest BCUT2D eigenvalue weighted by Gasteiger charge is 2.17. The molecule has 0 aliphatic heterocycles. The Kier molecular flexibility index (Phi) is 5.41. The fourth-order valence-electron chi connectivity index (χ4n) is 2.85. The summed E-state index contributed by atoms with van der Waals surface area (Å²) in [6.45, 7) is 4.57. The van der Waals surface area contributed by atoms with Crippen LogP contribution in [0.4, 0.5) is 4.39 Å². The zero-order chi connectivity index (χ0) is 14.5. The van der Waals surface area contributed by atoms with Crippen LogP contribution < -0.4 is 10.1 Å². The maximum atomic E-state index is 13.8. The van der Waals surface area contributed by atoms with Crippen LogP contribution in [0, 0.1) is 18.7 Å². The Labute approximate surface area is 121 Å². The van der Waals surface area contributed by atoms with Crippen molar-refractivity contribution in [3.05, 3.63) is 29.1 Å². The van der Waals surface area contributed by atoms with Crippen molar-refractivity contribution in [3.63, 3.8) is 0 Å². The van der Waals surface area contributed by atoms with E-state index in [0.717, 1.165) is 17.9 Å². The number of hydrogen-bond acceptors (Lipinski definition) is 2. The molecular weight excluding hydrogens is 253 g/mol. The van der Waals surface area contributed by atoms with Gasteiger partial charge in [0.1, 0.15) is 11.6 Å². The van der Waals surface area contributed by atoms with Crippen LogP contribution in [0.25, 0.3) is 0 Å². The third-order valence-corrected chi connectivity index (χ3v) is 4.39. The number of hydrogen-bond donors (Lipinski definition) is 1. The normalized spacial score (nSPS) is 18.0. The van der Waals surface area contributed by atoms with E-state index in [1.807, 2.05) is 20.0 Å². The lowest BCUT2D eigenvalue weighted by molar-refractivity contribution is 0.206. The van der Waals surface area contributed by atoms with Gasteiger partial charge in [0.15, 0.2) is 0 Å². The summed E-state index contributed by atoms with van der Waals surface area (Å²) in [6.07, 6.45) is 6.51. The second-order valence-electron chi connectivity index (χ2n) is 5.96. The van der Waals surface area contributed by atoms with Gasteiger partial charge < -0.3 is 10.1 Å². The molecule has 1 fully saturated rings. The second-order valence-corrected chi connectivity index (χ2v) is 5.96. The number of nitrogens with one attached hydrogen (secondary N) is 1. The van der Waals surface area contributed by atoms with E-state index in [1.165, 1.54) is 32.1 Å². The Morgan fingerprint density at radius 3 is 2.65 bits per heavy atom. The summed E-state index contributed by atoms with van der Waals surface area (Å²) in [7, 11) is 1.88. The Balaban J connectivity index is 2.10.